The largest absolute Gasteiger partial charge is 0.341 e. The van der Waals surface area contributed by atoms with Crippen molar-refractivity contribution in [1.29, 1.82) is 0 Å². The number of benzene rings is 2. The molecule has 1 aliphatic rings. The molecule has 5 heteroatoms. The lowest BCUT2D eigenvalue weighted by Gasteiger charge is -2.23. The second kappa shape index (κ2) is 7.30. The molecule has 4 rings (SSSR count). The van der Waals surface area contributed by atoms with Crippen LogP contribution in [0.3, 0.4) is 0 Å². The first-order valence-electron chi connectivity index (χ1n) is 9.22. The van der Waals surface area contributed by atoms with Crippen LogP contribution in [0, 0.1) is 0 Å². The number of carbonyl (C=O) groups excluding carboxylic acids is 1. The number of nitrogens with one attached hydrogen (secondary N) is 1. The quantitative estimate of drug-likeness (QED) is 0.771. The Labute approximate surface area is 153 Å². The van der Waals surface area contributed by atoms with Crippen molar-refractivity contribution in [1.82, 2.24) is 19.8 Å². The van der Waals surface area contributed by atoms with Crippen molar-refractivity contribution in [3.05, 3.63) is 60.4 Å². The summed E-state index contributed by atoms with van der Waals surface area (Å²) in [6, 6.07) is 18.7. The van der Waals surface area contributed by atoms with Crippen molar-refractivity contribution in [3.63, 3.8) is 0 Å². The van der Waals surface area contributed by atoms with Crippen LogP contribution in [-0.2, 0) is 11.2 Å². The van der Waals surface area contributed by atoms with Crippen LogP contribution in [0.15, 0.2) is 54.6 Å². The lowest BCUT2D eigenvalue weighted by atomic mass is 10.2. The third kappa shape index (κ3) is 3.22. The van der Waals surface area contributed by atoms with Gasteiger partial charge in [0.25, 0.3) is 0 Å². The molecule has 1 N–H and O–H groups in total. The van der Waals surface area contributed by atoms with E-state index in [4.69, 9.17) is 4.98 Å². The van der Waals surface area contributed by atoms with Crippen LogP contribution in [0.5, 0.6) is 0 Å². The summed E-state index contributed by atoms with van der Waals surface area (Å²) in [6.07, 6.45) is 2.14. The minimum absolute atomic E-state index is 0.186. The monoisotopic (exact) mass is 348 g/mol. The van der Waals surface area contributed by atoms with E-state index in [-0.39, 0.29) is 5.91 Å². The fourth-order valence-corrected chi connectivity index (χ4v) is 3.68. The van der Waals surface area contributed by atoms with Gasteiger partial charge in [-0.1, -0.05) is 30.3 Å². The zero-order valence-electron chi connectivity index (χ0n) is 15.1. The van der Waals surface area contributed by atoms with Crippen molar-refractivity contribution >= 4 is 16.9 Å². The van der Waals surface area contributed by atoms with E-state index in [1.807, 2.05) is 48.3 Å². The highest BCUT2D eigenvalue weighted by Crippen LogP contribution is 2.22. The molecule has 3 aromatic rings. The zero-order chi connectivity index (χ0) is 17.9. The predicted molar refractivity (Wildman–Crippen MR) is 103 cm³/mol. The number of carbonyl (C=O) groups is 1. The number of rotatable bonds is 5. The zero-order valence-corrected chi connectivity index (χ0v) is 15.1. The molecule has 1 amide bonds. The Kier molecular flexibility index (Phi) is 4.71. The number of hydrogen-bond donors (Lipinski definition) is 1. The molecule has 5 nitrogen and oxygen atoms in total. The number of aromatic nitrogens is 2. The minimum Gasteiger partial charge on any atom is -0.341 e. The maximum Gasteiger partial charge on any atom is 0.223 e. The van der Waals surface area contributed by atoms with E-state index in [1.165, 1.54) is 0 Å². The molecule has 1 saturated heterocycles. The van der Waals surface area contributed by atoms with E-state index in [1.54, 1.807) is 0 Å². The first kappa shape index (κ1) is 16.8. The van der Waals surface area contributed by atoms with Gasteiger partial charge in [0.2, 0.25) is 5.91 Å². The second-order valence-corrected chi connectivity index (χ2v) is 6.84. The number of fused-ring (bicyclic) bond motifs is 1. The number of imidazole rings is 1. The van der Waals surface area contributed by atoms with E-state index in [0.29, 0.717) is 18.9 Å². The van der Waals surface area contributed by atoms with Gasteiger partial charge < -0.3 is 10.2 Å². The molecular weight excluding hydrogens is 324 g/mol. The van der Waals surface area contributed by atoms with Crippen LogP contribution in [0.25, 0.3) is 16.7 Å². The van der Waals surface area contributed by atoms with E-state index in [0.717, 1.165) is 42.1 Å². The van der Waals surface area contributed by atoms with Crippen LogP contribution in [-0.4, -0.2) is 46.5 Å². The first-order valence-corrected chi connectivity index (χ1v) is 9.22. The molecule has 0 aliphatic carbocycles. The number of nitrogens with zero attached hydrogens (tertiary/aromatic N) is 3. The Hall–Kier alpha value is -2.66. The minimum atomic E-state index is 0.186. The topological polar surface area (TPSA) is 50.2 Å². The van der Waals surface area contributed by atoms with Gasteiger partial charge in [-0.25, -0.2) is 4.98 Å². The SMILES string of the molecule is CN(C(=O)CCc1nc2ccccc2n1-c1ccccc1)C1CCNC1. The van der Waals surface area contributed by atoms with Crippen molar-refractivity contribution in [2.75, 3.05) is 20.1 Å². The summed E-state index contributed by atoms with van der Waals surface area (Å²) in [5.41, 5.74) is 3.12. The highest BCUT2D eigenvalue weighted by molar-refractivity contribution is 5.79. The Morgan fingerprint density at radius 3 is 2.73 bits per heavy atom. The summed E-state index contributed by atoms with van der Waals surface area (Å²) in [5.74, 6) is 1.12. The van der Waals surface area contributed by atoms with E-state index in [2.05, 4.69) is 28.1 Å². The highest BCUT2D eigenvalue weighted by atomic mass is 16.2. The van der Waals surface area contributed by atoms with Gasteiger partial charge in [0, 0.05) is 38.2 Å². The maximum absolute atomic E-state index is 12.6. The summed E-state index contributed by atoms with van der Waals surface area (Å²) in [6.45, 7) is 1.89. The molecule has 1 aliphatic heterocycles. The Morgan fingerprint density at radius 1 is 1.19 bits per heavy atom. The average molecular weight is 348 g/mol. The van der Waals surface area contributed by atoms with Crippen LogP contribution in [0.4, 0.5) is 0 Å². The van der Waals surface area contributed by atoms with E-state index < -0.39 is 0 Å². The second-order valence-electron chi connectivity index (χ2n) is 6.84. The smallest absolute Gasteiger partial charge is 0.223 e. The Morgan fingerprint density at radius 2 is 1.96 bits per heavy atom. The van der Waals surface area contributed by atoms with Gasteiger partial charge in [0.1, 0.15) is 5.82 Å². The molecule has 1 atom stereocenters. The molecule has 26 heavy (non-hydrogen) atoms. The van der Waals surface area contributed by atoms with Gasteiger partial charge in [-0.05, 0) is 37.2 Å². The Bertz CT molecular complexity index is 897. The van der Waals surface area contributed by atoms with Gasteiger partial charge in [0.05, 0.1) is 11.0 Å². The van der Waals surface area contributed by atoms with Gasteiger partial charge in [-0.2, -0.15) is 0 Å². The summed E-state index contributed by atoms with van der Waals surface area (Å²) in [5, 5.41) is 3.32. The fourth-order valence-electron chi connectivity index (χ4n) is 3.68. The molecule has 1 fully saturated rings. The summed E-state index contributed by atoms with van der Waals surface area (Å²) in [7, 11) is 1.92. The predicted octanol–water partition coefficient (Wildman–Crippen LogP) is 2.78. The van der Waals surface area contributed by atoms with Crippen LogP contribution >= 0.6 is 0 Å². The molecule has 134 valence electrons. The summed E-state index contributed by atoms with van der Waals surface area (Å²) in [4.78, 5) is 19.3. The molecule has 2 heterocycles. The highest BCUT2D eigenvalue weighted by Gasteiger charge is 2.23. The third-order valence-electron chi connectivity index (χ3n) is 5.18. The standard InChI is InChI=1S/C21H24N4O/c1-24(17-13-14-22-15-17)21(26)12-11-20-23-18-9-5-6-10-19(18)25(20)16-7-3-2-4-8-16/h2-10,17,22H,11-15H2,1H3. The molecule has 1 unspecified atom stereocenters. The summed E-state index contributed by atoms with van der Waals surface area (Å²) >= 11 is 0. The Balaban J connectivity index is 1.59. The van der Waals surface area contributed by atoms with E-state index in [9.17, 15) is 4.79 Å². The lowest BCUT2D eigenvalue weighted by molar-refractivity contribution is -0.131. The summed E-state index contributed by atoms with van der Waals surface area (Å²) < 4.78 is 2.17. The molecule has 2 aromatic carbocycles. The van der Waals surface area contributed by atoms with Gasteiger partial charge in [-0.3, -0.25) is 9.36 Å². The molecule has 0 bridgehead atoms. The fraction of sp³-hybridized carbons (Fsp3) is 0.333. The number of aryl methyl sites for hydroxylation is 1. The molecule has 0 radical (unpaired) electrons. The maximum atomic E-state index is 12.6. The average Bonchev–Trinajstić information content (AvgIpc) is 3.33. The third-order valence-corrected chi connectivity index (χ3v) is 5.18. The van der Waals surface area contributed by atoms with Gasteiger partial charge in [0.15, 0.2) is 0 Å². The molecule has 0 spiro atoms. The van der Waals surface area contributed by atoms with Crippen molar-refractivity contribution < 1.29 is 4.79 Å². The van der Waals surface area contributed by atoms with Crippen molar-refractivity contribution in [2.24, 2.45) is 0 Å². The number of likely N-dealkylation sites (N-methyl/N-ethyl adjacent to an activating group) is 1. The molecular formula is C21H24N4O. The molecule has 0 saturated carbocycles. The van der Waals surface area contributed by atoms with Crippen LogP contribution in [0.1, 0.15) is 18.7 Å². The first-order chi connectivity index (χ1) is 12.7. The van der Waals surface area contributed by atoms with Gasteiger partial charge in [-0.15, -0.1) is 0 Å². The van der Waals surface area contributed by atoms with Gasteiger partial charge >= 0.3 is 0 Å². The van der Waals surface area contributed by atoms with Crippen LogP contribution < -0.4 is 5.32 Å². The van der Waals surface area contributed by atoms with Crippen LogP contribution in [0.2, 0.25) is 0 Å². The molecule has 1 aromatic heterocycles. The lowest BCUT2D eigenvalue weighted by Crippen LogP contribution is -2.38. The normalized spacial score (nSPS) is 16.9. The van der Waals surface area contributed by atoms with E-state index >= 15 is 0 Å². The van der Waals surface area contributed by atoms with Crippen molar-refractivity contribution in [3.8, 4) is 5.69 Å². The number of amides is 1. The van der Waals surface area contributed by atoms with Crippen molar-refractivity contribution in [2.45, 2.75) is 25.3 Å². The number of para-hydroxylation sites is 3. The number of hydrogen-bond acceptors (Lipinski definition) is 3.